The fourth-order valence-electron chi connectivity index (χ4n) is 0.946. The maximum atomic E-state index is 12.0. The summed E-state index contributed by atoms with van der Waals surface area (Å²) < 4.78 is 36.0. The second kappa shape index (κ2) is 3.38. The first kappa shape index (κ1) is 10.6. The molecule has 3 N–H and O–H groups in total. The lowest BCUT2D eigenvalue weighted by atomic mass is 10.1. The van der Waals surface area contributed by atoms with Gasteiger partial charge in [-0.25, -0.2) is 0 Å². The molecule has 0 saturated heterocycles. The molecule has 14 heavy (non-hydrogen) atoms. The minimum atomic E-state index is -4.87. The van der Waals surface area contributed by atoms with Crippen molar-refractivity contribution in [3.8, 4) is 11.5 Å². The van der Waals surface area contributed by atoms with Crippen molar-refractivity contribution in [3.05, 3.63) is 23.8 Å². The Balaban J connectivity index is 3.14. The zero-order chi connectivity index (χ0) is 10.9. The molecule has 1 aromatic rings. The van der Waals surface area contributed by atoms with E-state index in [-0.39, 0.29) is 0 Å². The molecule has 0 bridgehead atoms. The fourth-order valence-corrected chi connectivity index (χ4v) is 0.946. The smallest absolute Gasteiger partial charge is 0.418 e. The van der Waals surface area contributed by atoms with Gasteiger partial charge in [-0.1, -0.05) is 12.1 Å². The van der Waals surface area contributed by atoms with Gasteiger partial charge in [-0.3, -0.25) is 0 Å². The summed E-state index contributed by atoms with van der Waals surface area (Å²) in [5.74, 6) is -1.66. The highest BCUT2D eigenvalue weighted by molar-refractivity contribution is 5.45. The standard InChI is InChI=1S/C8H7F3O3/c9-8(10,11)7(14)4-2-1-3-5(12)6(4)13/h1-3,7,12-14H/t7-/m1/s1. The highest BCUT2D eigenvalue weighted by Crippen LogP contribution is 2.39. The fraction of sp³-hybridized carbons (Fsp3) is 0.250. The van der Waals surface area contributed by atoms with Crippen LogP contribution in [0.2, 0.25) is 0 Å². The van der Waals surface area contributed by atoms with Crippen LogP contribution in [0.1, 0.15) is 11.7 Å². The molecular weight excluding hydrogens is 201 g/mol. The van der Waals surface area contributed by atoms with Crippen LogP contribution in [-0.4, -0.2) is 21.5 Å². The molecule has 1 rings (SSSR count). The first-order chi connectivity index (χ1) is 6.34. The summed E-state index contributed by atoms with van der Waals surface area (Å²) in [6.45, 7) is 0. The summed E-state index contributed by atoms with van der Waals surface area (Å²) in [5, 5.41) is 26.7. The monoisotopic (exact) mass is 208 g/mol. The number of rotatable bonds is 1. The van der Waals surface area contributed by atoms with Gasteiger partial charge in [0.25, 0.3) is 0 Å². The van der Waals surface area contributed by atoms with Crippen LogP contribution in [0.15, 0.2) is 18.2 Å². The minimum Gasteiger partial charge on any atom is -0.504 e. The summed E-state index contributed by atoms with van der Waals surface area (Å²) >= 11 is 0. The molecule has 0 heterocycles. The predicted octanol–water partition coefficient (Wildman–Crippen LogP) is 1.69. The molecule has 0 fully saturated rings. The molecule has 0 aliphatic rings. The first-order valence-electron chi connectivity index (χ1n) is 3.59. The van der Waals surface area contributed by atoms with E-state index in [1.165, 1.54) is 0 Å². The Morgan fingerprint density at radius 1 is 1.14 bits per heavy atom. The van der Waals surface area contributed by atoms with Crippen LogP contribution in [0.3, 0.4) is 0 Å². The summed E-state index contributed by atoms with van der Waals surface area (Å²) in [4.78, 5) is 0. The van der Waals surface area contributed by atoms with Crippen LogP contribution in [0.4, 0.5) is 13.2 Å². The number of alkyl halides is 3. The van der Waals surface area contributed by atoms with E-state index in [1.807, 2.05) is 0 Å². The van der Waals surface area contributed by atoms with Crippen LogP contribution in [-0.2, 0) is 0 Å². The highest BCUT2D eigenvalue weighted by atomic mass is 19.4. The molecule has 1 atom stereocenters. The van der Waals surface area contributed by atoms with E-state index in [0.717, 1.165) is 18.2 Å². The summed E-state index contributed by atoms with van der Waals surface area (Å²) in [7, 11) is 0. The van der Waals surface area contributed by atoms with Gasteiger partial charge in [0.2, 0.25) is 0 Å². The van der Waals surface area contributed by atoms with Crippen molar-refractivity contribution in [2.75, 3.05) is 0 Å². The molecule has 0 saturated carbocycles. The molecule has 0 spiro atoms. The van der Waals surface area contributed by atoms with Crippen LogP contribution in [0.25, 0.3) is 0 Å². The summed E-state index contributed by atoms with van der Waals surface area (Å²) in [6, 6.07) is 2.99. The van der Waals surface area contributed by atoms with Crippen molar-refractivity contribution in [3.63, 3.8) is 0 Å². The maximum absolute atomic E-state index is 12.0. The van der Waals surface area contributed by atoms with E-state index in [4.69, 9.17) is 15.3 Å². The van der Waals surface area contributed by atoms with Gasteiger partial charge in [0.05, 0.1) is 0 Å². The first-order valence-corrected chi connectivity index (χ1v) is 3.59. The Hall–Kier alpha value is -1.43. The number of halogens is 3. The second-order valence-corrected chi connectivity index (χ2v) is 2.66. The third-order valence-corrected chi connectivity index (χ3v) is 1.65. The van der Waals surface area contributed by atoms with Crippen molar-refractivity contribution in [1.29, 1.82) is 0 Å². The van der Waals surface area contributed by atoms with Crippen LogP contribution >= 0.6 is 0 Å². The Kier molecular flexibility index (Phi) is 2.57. The maximum Gasteiger partial charge on any atom is 0.418 e. The highest BCUT2D eigenvalue weighted by Gasteiger charge is 2.41. The van der Waals surface area contributed by atoms with Gasteiger partial charge in [0.15, 0.2) is 17.6 Å². The number of benzene rings is 1. The normalized spacial score (nSPS) is 14.0. The number of aliphatic hydroxyl groups excluding tert-OH is 1. The Labute approximate surface area is 77.0 Å². The van der Waals surface area contributed by atoms with E-state index < -0.39 is 29.3 Å². The van der Waals surface area contributed by atoms with Gasteiger partial charge in [0, 0.05) is 5.56 Å². The number of phenols is 2. The molecule has 78 valence electrons. The summed E-state index contributed by atoms with van der Waals surface area (Å²) in [5.41, 5.74) is -0.766. The van der Waals surface area contributed by atoms with E-state index in [0.29, 0.717) is 0 Å². The average molecular weight is 208 g/mol. The van der Waals surface area contributed by atoms with Gasteiger partial charge in [-0.15, -0.1) is 0 Å². The van der Waals surface area contributed by atoms with E-state index in [9.17, 15) is 13.2 Å². The lowest BCUT2D eigenvalue weighted by Crippen LogP contribution is -2.20. The third-order valence-electron chi connectivity index (χ3n) is 1.65. The van der Waals surface area contributed by atoms with Crippen LogP contribution in [0.5, 0.6) is 11.5 Å². The van der Waals surface area contributed by atoms with Crippen LogP contribution in [0, 0.1) is 0 Å². The summed E-state index contributed by atoms with van der Waals surface area (Å²) in [6.07, 6.45) is -7.67. The lowest BCUT2D eigenvalue weighted by molar-refractivity contribution is -0.207. The molecule has 0 amide bonds. The van der Waals surface area contributed by atoms with Gasteiger partial charge in [-0.05, 0) is 6.07 Å². The van der Waals surface area contributed by atoms with Crippen molar-refractivity contribution >= 4 is 0 Å². The van der Waals surface area contributed by atoms with Gasteiger partial charge >= 0.3 is 6.18 Å². The molecular formula is C8H7F3O3. The Morgan fingerprint density at radius 2 is 1.71 bits per heavy atom. The van der Waals surface area contributed by atoms with Crippen molar-refractivity contribution < 1.29 is 28.5 Å². The molecule has 0 radical (unpaired) electrons. The van der Waals surface area contributed by atoms with Crippen molar-refractivity contribution in [1.82, 2.24) is 0 Å². The quantitative estimate of drug-likeness (QED) is 0.615. The lowest BCUT2D eigenvalue weighted by Gasteiger charge is -2.16. The molecule has 6 heteroatoms. The molecule has 0 aliphatic carbocycles. The Bertz CT molecular complexity index is 335. The predicted molar refractivity (Wildman–Crippen MR) is 40.8 cm³/mol. The number of para-hydroxylation sites is 1. The minimum absolute atomic E-state index is 0.703. The molecule has 3 nitrogen and oxygen atoms in total. The van der Waals surface area contributed by atoms with E-state index in [1.54, 1.807) is 0 Å². The van der Waals surface area contributed by atoms with Crippen molar-refractivity contribution in [2.24, 2.45) is 0 Å². The van der Waals surface area contributed by atoms with Gasteiger partial charge in [-0.2, -0.15) is 13.2 Å². The number of aromatic hydroxyl groups is 2. The number of hydrogen-bond acceptors (Lipinski definition) is 3. The third kappa shape index (κ3) is 1.90. The number of aliphatic hydroxyl groups is 1. The van der Waals surface area contributed by atoms with Crippen molar-refractivity contribution in [2.45, 2.75) is 12.3 Å². The zero-order valence-corrected chi connectivity index (χ0v) is 6.78. The second-order valence-electron chi connectivity index (χ2n) is 2.66. The Morgan fingerprint density at radius 3 is 2.21 bits per heavy atom. The zero-order valence-electron chi connectivity index (χ0n) is 6.78. The molecule has 1 aromatic carbocycles. The number of hydrogen-bond donors (Lipinski definition) is 3. The molecule has 0 aromatic heterocycles. The largest absolute Gasteiger partial charge is 0.504 e. The van der Waals surface area contributed by atoms with Crippen LogP contribution < -0.4 is 0 Å². The van der Waals surface area contributed by atoms with Gasteiger partial charge < -0.3 is 15.3 Å². The van der Waals surface area contributed by atoms with Gasteiger partial charge in [0.1, 0.15) is 0 Å². The average Bonchev–Trinajstić information content (AvgIpc) is 2.07. The molecule has 0 aliphatic heterocycles. The topological polar surface area (TPSA) is 60.7 Å². The van der Waals surface area contributed by atoms with E-state index in [2.05, 4.69) is 0 Å². The SMILES string of the molecule is Oc1cccc([C@@H](O)C(F)(F)F)c1O. The van der Waals surface area contributed by atoms with E-state index >= 15 is 0 Å². The molecule has 0 unspecified atom stereocenters. The number of phenolic OH excluding ortho intramolecular Hbond substituents is 2.